The van der Waals surface area contributed by atoms with E-state index < -0.39 is 11.9 Å². The highest BCUT2D eigenvalue weighted by Gasteiger charge is 2.36. The third-order valence-electron chi connectivity index (χ3n) is 11.1. The summed E-state index contributed by atoms with van der Waals surface area (Å²) in [6, 6.07) is 12.4. The molecular weight excluding hydrogens is 688 g/mol. The van der Waals surface area contributed by atoms with Crippen molar-refractivity contribution in [2.24, 2.45) is 5.92 Å². The third-order valence-corrected chi connectivity index (χ3v) is 11.9. The van der Waals surface area contributed by atoms with Crippen molar-refractivity contribution in [3.63, 3.8) is 0 Å². The van der Waals surface area contributed by atoms with E-state index in [1.165, 1.54) is 5.56 Å². The molecule has 264 valence electrons. The molecule has 11 nitrogen and oxygen atoms in total. The van der Waals surface area contributed by atoms with Crippen molar-refractivity contribution in [1.29, 1.82) is 0 Å². The summed E-state index contributed by atoms with van der Waals surface area (Å²) in [6.07, 6.45) is 3.84. The van der Waals surface area contributed by atoms with E-state index in [1.807, 2.05) is 43.9 Å². The number of aliphatic carboxylic acids is 1. The zero-order chi connectivity index (χ0) is 34.7. The van der Waals surface area contributed by atoms with Gasteiger partial charge in [0, 0.05) is 87.6 Å². The standard InChI is InChI=1S/C37H49BrN6O5/c1-25-19-27(21-32(38)26(25)2)20-29(36(48)43-13-7-30(8-14-43)41-17-15-40(16-18-41)24-35(46)47)22-34(45)42-11-9-31(10-12-42)44-23-28-5-3-4-6-33(28)39-37(44)49/h3-6,19,21,29-31H,7-18,20,22-24H2,1-2H3,(H,39,49)(H,46,47)/t29-/m1/s1. The summed E-state index contributed by atoms with van der Waals surface area (Å²) in [6.45, 7) is 10.4. The zero-order valence-corrected chi connectivity index (χ0v) is 30.3. The molecule has 4 amide bonds. The Hall–Kier alpha value is -3.48. The number of nitrogens with zero attached hydrogens (tertiary/aromatic N) is 5. The number of piperazine rings is 1. The lowest BCUT2D eigenvalue weighted by atomic mass is 9.91. The number of nitrogens with one attached hydrogen (secondary N) is 1. The van der Waals surface area contributed by atoms with Crippen LogP contribution in [0, 0.1) is 19.8 Å². The molecule has 49 heavy (non-hydrogen) atoms. The number of aryl methyl sites for hydroxylation is 1. The minimum atomic E-state index is -0.788. The van der Waals surface area contributed by atoms with Crippen molar-refractivity contribution in [3.05, 3.63) is 63.1 Å². The van der Waals surface area contributed by atoms with E-state index in [2.05, 4.69) is 52.1 Å². The number of anilines is 1. The molecule has 0 aliphatic carbocycles. The topological polar surface area (TPSA) is 117 Å². The van der Waals surface area contributed by atoms with Crippen molar-refractivity contribution in [2.75, 3.05) is 64.2 Å². The first-order valence-corrected chi connectivity index (χ1v) is 18.5. The highest BCUT2D eigenvalue weighted by Crippen LogP contribution is 2.30. The lowest BCUT2D eigenvalue weighted by Crippen LogP contribution is -2.55. The summed E-state index contributed by atoms with van der Waals surface area (Å²) in [7, 11) is 0. The number of amides is 4. The molecule has 6 rings (SSSR count). The van der Waals surface area contributed by atoms with Crippen molar-refractivity contribution in [2.45, 2.75) is 71.0 Å². The van der Waals surface area contributed by atoms with Crippen LogP contribution in [0.25, 0.3) is 0 Å². The molecule has 0 unspecified atom stereocenters. The van der Waals surface area contributed by atoms with Crippen LogP contribution in [0.2, 0.25) is 0 Å². The number of urea groups is 1. The van der Waals surface area contributed by atoms with Crippen LogP contribution in [0.5, 0.6) is 0 Å². The number of carboxylic acid groups (broad SMARTS) is 1. The van der Waals surface area contributed by atoms with Gasteiger partial charge in [-0.25, -0.2) is 4.79 Å². The summed E-state index contributed by atoms with van der Waals surface area (Å²) in [5, 5.41) is 12.1. The molecule has 2 aromatic carbocycles. The highest BCUT2D eigenvalue weighted by molar-refractivity contribution is 9.10. The monoisotopic (exact) mass is 736 g/mol. The molecule has 0 saturated carbocycles. The van der Waals surface area contributed by atoms with Gasteiger partial charge in [-0.1, -0.05) is 40.2 Å². The normalized spacial score (nSPS) is 20.6. The number of piperidine rings is 2. The van der Waals surface area contributed by atoms with Gasteiger partial charge in [0.2, 0.25) is 11.8 Å². The number of carboxylic acids is 1. The van der Waals surface area contributed by atoms with Crippen LogP contribution >= 0.6 is 15.9 Å². The fourth-order valence-corrected chi connectivity index (χ4v) is 8.61. The summed E-state index contributed by atoms with van der Waals surface area (Å²) in [5.41, 5.74) is 5.33. The SMILES string of the molecule is Cc1cc(C[C@H](CC(=O)N2CCC(N3Cc4ccccc4NC3=O)CC2)C(=O)N2CCC(N3CCN(CC(=O)O)CC3)CC2)cc(Br)c1C. The average molecular weight is 738 g/mol. The Labute approximate surface area is 297 Å². The second kappa shape index (κ2) is 15.6. The molecular formula is C37H49BrN6O5. The van der Waals surface area contributed by atoms with Crippen LogP contribution in [-0.2, 0) is 27.3 Å². The predicted octanol–water partition coefficient (Wildman–Crippen LogP) is 4.35. The van der Waals surface area contributed by atoms with Gasteiger partial charge < -0.3 is 25.1 Å². The number of halogens is 1. The van der Waals surface area contributed by atoms with E-state index in [0.717, 1.165) is 65.9 Å². The number of benzene rings is 2. The molecule has 1 atom stereocenters. The van der Waals surface area contributed by atoms with Gasteiger partial charge in [0.05, 0.1) is 12.5 Å². The average Bonchev–Trinajstić information content (AvgIpc) is 3.10. The first-order chi connectivity index (χ1) is 23.5. The number of hydrogen-bond acceptors (Lipinski definition) is 6. The van der Waals surface area contributed by atoms with Gasteiger partial charge in [-0.05, 0) is 80.3 Å². The van der Waals surface area contributed by atoms with Crippen molar-refractivity contribution in [3.8, 4) is 0 Å². The number of fused-ring (bicyclic) bond motifs is 1. The number of carbonyl (C=O) groups is 4. The van der Waals surface area contributed by atoms with Gasteiger partial charge in [-0.3, -0.25) is 24.2 Å². The molecule has 2 aromatic rings. The number of rotatable bonds is 9. The van der Waals surface area contributed by atoms with Crippen molar-refractivity contribution in [1.82, 2.24) is 24.5 Å². The number of para-hydroxylation sites is 1. The fourth-order valence-electron chi connectivity index (χ4n) is 8.01. The molecule has 3 fully saturated rings. The minimum absolute atomic E-state index is 0.00209. The van der Waals surface area contributed by atoms with Gasteiger partial charge in [0.15, 0.2) is 0 Å². The molecule has 4 aliphatic rings. The summed E-state index contributed by atoms with van der Waals surface area (Å²) >= 11 is 3.69. The van der Waals surface area contributed by atoms with E-state index in [0.29, 0.717) is 58.0 Å². The number of carbonyl (C=O) groups excluding carboxylic acids is 3. The Morgan fingerprint density at radius 3 is 2.22 bits per heavy atom. The maximum atomic E-state index is 14.2. The van der Waals surface area contributed by atoms with E-state index >= 15 is 0 Å². The zero-order valence-electron chi connectivity index (χ0n) is 28.7. The maximum absolute atomic E-state index is 14.2. The Kier molecular flexibility index (Phi) is 11.3. The van der Waals surface area contributed by atoms with Gasteiger partial charge in [-0.15, -0.1) is 0 Å². The van der Waals surface area contributed by atoms with Gasteiger partial charge in [0.1, 0.15) is 0 Å². The summed E-state index contributed by atoms with van der Waals surface area (Å²) < 4.78 is 1.01. The summed E-state index contributed by atoms with van der Waals surface area (Å²) in [4.78, 5) is 62.2. The fraction of sp³-hybridized carbons (Fsp3) is 0.568. The highest BCUT2D eigenvalue weighted by atomic mass is 79.9. The quantitative estimate of drug-likeness (QED) is 0.394. The predicted molar refractivity (Wildman–Crippen MR) is 191 cm³/mol. The van der Waals surface area contributed by atoms with Crippen molar-refractivity contribution < 1.29 is 24.3 Å². The maximum Gasteiger partial charge on any atom is 0.322 e. The Bertz CT molecular complexity index is 1520. The lowest BCUT2D eigenvalue weighted by Gasteiger charge is -2.43. The molecule has 12 heteroatoms. The number of likely N-dealkylation sites (tertiary alicyclic amines) is 2. The lowest BCUT2D eigenvalue weighted by molar-refractivity contribution is -0.143. The van der Waals surface area contributed by atoms with Crippen LogP contribution in [0.15, 0.2) is 40.9 Å². The van der Waals surface area contributed by atoms with Crippen molar-refractivity contribution >= 4 is 45.4 Å². The van der Waals surface area contributed by atoms with E-state index in [1.54, 1.807) is 0 Å². The molecule has 4 heterocycles. The Morgan fingerprint density at radius 1 is 0.898 bits per heavy atom. The second-order valence-corrected chi connectivity index (χ2v) is 15.1. The largest absolute Gasteiger partial charge is 0.480 e. The third kappa shape index (κ3) is 8.46. The van der Waals surface area contributed by atoms with Gasteiger partial charge >= 0.3 is 12.0 Å². The smallest absolute Gasteiger partial charge is 0.322 e. The van der Waals surface area contributed by atoms with Crippen LogP contribution in [0.4, 0.5) is 10.5 Å². The molecule has 0 aromatic heterocycles. The Balaban J connectivity index is 1.07. The molecule has 0 radical (unpaired) electrons. The van der Waals surface area contributed by atoms with Crippen LogP contribution in [0.3, 0.4) is 0 Å². The van der Waals surface area contributed by atoms with E-state index in [9.17, 15) is 19.2 Å². The summed E-state index contributed by atoms with van der Waals surface area (Å²) in [5.74, 6) is -1.20. The second-order valence-electron chi connectivity index (χ2n) is 14.2. The molecule has 0 spiro atoms. The molecule has 3 saturated heterocycles. The molecule has 4 aliphatic heterocycles. The minimum Gasteiger partial charge on any atom is -0.480 e. The number of hydrogen-bond donors (Lipinski definition) is 2. The Morgan fingerprint density at radius 2 is 1.55 bits per heavy atom. The first-order valence-electron chi connectivity index (χ1n) is 17.7. The van der Waals surface area contributed by atoms with Gasteiger partial charge in [-0.2, -0.15) is 0 Å². The van der Waals surface area contributed by atoms with E-state index in [4.69, 9.17) is 5.11 Å². The van der Waals surface area contributed by atoms with Crippen LogP contribution < -0.4 is 5.32 Å². The first kappa shape index (κ1) is 35.3. The van der Waals surface area contributed by atoms with Gasteiger partial charge in [0.25, 0.3) is 0 Å². The van der Waals surface area contributed by atoms with Crippen LogP contribution in [-0.4, -0.2) is 124 Å². The molecule has 2 N–H and O–H groups in total. The molecule has 0 bridgehead atoms. The van der Waals surface area contributed by atoms with Crippen LogP contribution in [0.1, 0.15) is 54.4 Å². The van der Waals surface area contributed by atoms with E-state index in [-0.39, 0.29) is 36.9 Å².